The lowest BCUT2D eigenvalue weighted by Gasteiger charge is -2.23. The Morgan fingerprint density at radius 3 is 2.05 bits per heavy atom. The molecule has 1 unspecified atom stereocenters. The van der Waals surface area contributed by atoms with Crippen LogP contribution in [0.1, 0.15) is 25.3 Å². The molecule has 0 saturated carbocycles. The number of hydrogen-bond donors (Lipinski definition) is 1. The lowest BCUT2D eigenvalue weighted by molar-refractivity contribution is 0.517. The zero-order valence-corrected chi connectivity index (χ0v) is 14.9. The zero-order valence-electron chi connectivity index (χ0n) is 11.7. The minimum absolute atomic E-state index is 0.496. The smallest absolute Gasteiger partial charge is 0.0629 e. The van der Waals surface area contributed by atoms with Gasteiger partial charge >= 0.3 is 0 Å². The Hall–Kier alpha value is -0.800. The maximum atomic E-state index is 3.60. The fraction of sp³-hybridized carbons (Fsp3) is 0.294. The highest BCUT2D eigenvalue weighted by Gasteiger charge is 2.16. The van der Waals surface area contributed by atoms with Crippen LogP contribution in [0, 0.1) is 5.92 Å². The molecule has 0 heterocycles. The summed E-state index contributed by atoms with van der Waals surface area (Å²) in [5, 5.41) is 3.57. The Morgan fingerprint density at radius 1 is 0.900 bits per heavy atom. The normalized spacial score (nSPS) is 12.4. The summed E-state index contributed by atoms with van der Waals surface area (Å²) in [7, 11) is 0. The lowest BCUT2D eigenvalue weighted by atomic mass is 9.88. The molecule has 1 N–H and O–H groups in total. The Kier molecular flexibility index (Phi) is 5.67. The van der Waals surface area contributed by atoms with Gasteiger partial charge in [0.05, 0.1) is 5.69 Å². The van der Waals surface area contributed by atoms with Crippen LogP contribution in [0.15, 0.2) is 57.5 Å². The molecule has 106 valence electrons. The van der Waals surface area contributed by atoms with Gasteiger partial charge in [-0.05, 0) is 55.5 Å². The predicted octanol–water partition coefficient (Wildman–Crippen LogP) is 6.06. The second-order valence-electron chi connectivity index (χ2n) is 5.24. The summed E-state index contributed by atoms with van der Waals surface area (Å²) in [4.78, 5) is 0. The highest BCUT2D eigenvalue weighted by atomic mass is 79.9. The zero-order chi connectivity index (χ0) is 14.5. The second-order valence-corrected chi connectivity index (χ2v) is 6.95. The lowest BCUT2D eigenvalue weighted by Crippen LogP contribution is -2.18. The summed E-state index contributed by atoms with van der Waals surface area (Å²) in [6.45, 7) is 5.46. The molecule has 2 rings (SSSR count). The number of hydrogen-bond acceptors (Lipinski definition) is 1. The van der Waals surface area contributed by atoms with Crippen molar-refractivity contribution in [2.75, 3.05) is 11.9 Å². The SMILES string of the molecule is CC(C)C(CNc1c(Br)cccc1Br)c1ccccc1. The van der Waals surface area contributed by atoms with Crippen molar-refractivity contribution >= 4 is 37.5 Å². The fourth-order valence-corrected chi connectivity index (χ4v) is 3.60. The quantitative estimate of drug-likeness (QED) is 0.647. The Balaban J connectivity index is 2.15. The molecule has 2 aromatic rings. The minimum atomic E-state index is 0.496. The molecule has 1 atom stereocenters. The van der Waals surface area contributed by atoms with Crippen molar-refractivity contribution in [3.05, 3.63) is 63.0 Å². The molecule has 0 aromatic heterocycles. The van der Waals surface area contributed by atoms with E-state index in [0.29, 0.717) is 11.8 Å². The van der Waals surface area contributed by atoms with Crippen LogP contribution in [0.5, 0.6) is 0 Å². The van der Waals surface area contributed by atoms with Crippen molar-refractivity contribution in [3.63, 3.8) is 0 Å². The molecule has 2 aromatic carbocycles. The van der Waals surface area contributed by atoms with Crippen LogP contribution in [0.2, 0.25) is 0 Å². The number of halogens is 2. The molecule has 0 aliphatic heterocycles. The Morgan fingerprint density at radius 2 is 1.50 bits per heavy atom. The van der Waals surface area contributed by atoms with Crippen molar-refractivity contribution < 1.29 is 0 Å². The van der Waals surface area contributed by atoms with Gasteiger partial charge in [-0.15, -0.1) is 0 Å². The monoisotopic (exact) mass is 395 g/mol. The van der Waals surface area contributed by atoms with Crippen LogP contribution < -0.4 is 5.32 Å². The van der Waals surface area contributed by atoms with E-state index in [1.165, 1.54) is 5.56 Å². The van der Waals surface area contributed by atoms with E-state index in [9.17, 15) is 0 Å². The molecule has 3 heteroatoms. The molecule has 0 fully saturated rings. The van der Waals surface area contributed by atoms with Gasteiger partial charge in [0.2, 0.25) is 0 Å². The number of rotatable bonds is 5. The maximum absolute atomic E-state index is 3.60. The topological polar surface area (TPSA) is 12.0 Å². The molecule has 0 spiro atoms. The molecule has 0 aliphatic carbocycles. The Bertz CT molecular complexity index is 532. The van der Waals surface area contributed by atoms with Crippen molar-refractivity contribution in [1.29, 1.82) is 0 Å². The van der Waals surface area contributed by atoms with Crippen molar-refractivity contribution in [2.24, 2.45) is 5.92 Å². The van der Waals surface area contributed by atoms with Crippen molar-refractivity contribution in [2.45, 2.75) is 19.8 Å². The number of benzene rings is 2. The highest BCUT2D eigenvalue weighted by molar-refractivity contribution is 9.11. The summed E-state index contributed by atoms with van der Waals surface area (Å²) in [5.41, 5.74) is 2.51. The van der Waals surface area contributed by atoms with E-state index >= 15 is 0 Å². The summed E-state index contributed by atoms with van der Waals surface area (Å²) < 4.78 is 2.17. The average Bonchev–Trinajstić information content (AvgIpc) is 2.43. The maximum Gasteiger partial charge on any atom is 0.0629 e. The molecule has 0 bridgehead atoms. The first-order chi connectivity index (χ1) is 9.59. The van der Waals surface area contributed by atoms with E-state index in [1.54, 1.807) is 0 Å². The fourth-order valence-electron chi connectivity index (χ4n) is 2.32. The van der Waals surface area contributed by atoms with Gasteiger partial charge in [0.15, 0.2) is 0 Å². The van der Waals surface area contributed by atoms with Gasteiger partial charge < -0.3 is 5.32 Å². The first kappa shape index (κ1) is 15.6. The average molecular weight is 397 g/mol. The van der Waals surface area contributed by atoms with Crippen LogP contribution in [-0.2, 0) is 0 Å². The molecule has 20 heavy (non-hydrogen) atoms. The molecule has 1 nitrogen and oxygen atoms in total. The van der Waals surface area contributed by atoms with Gasteiger partial charge in [-0.25, -0.2) is 0 Å². The molecular formula is C17H19Br2N. The number of anilines is 1. The summed E-state index contributed by atoms with van der Waals surface area (Å²) in [5.74, 6) is 1.08. The van der Waals surface area contributed by atoms with Crippen LogP contribution in [0.3, 0.4) is 0 Å². The van der Waals surface area contributed by atoms with Gasteiger partial charge in [0.25, 0.3) is 0 Å². The van der Waals surface area contributed by atoms with Crippen molar-refractivity contribution in [3.8, 4) is 0 Å². The first-order valence-corrected chi connectivity index (χ1v) is 8.41. The third-order valence-corrected chi connectivity index (χ3v) is 4.82. The van der Waals surface area contributed by atoms with Gasteiger partial charge in [-0.1, -0.05) is 50.2 Å². The number of nitrogens with one attached hydrogen (secondary N) is 1. The third kappa shape index (κ3) is 3.86. The number of para-hydroxylation sites is 1. The van der Waals surface area contributed by atoms with E-state index in [2.05, 4.69) is 93.5 Å². The second kappa shape index (κ2) is 7.28. The predicted molar refractivity (Wildman–Crippen MR) is 94.4 cm³/mol. The summed E-state index contributed by atoms with van der Waals surface area (Å²) in [6, 6.07) is 16.8. The van der Waals surface area contributed by atoms with E-state index in [1.807, 2.05) is 6.07 Å². The molecule has 0 amide bonds. The third-order valence-electron chi connectivity index (χ3n) is 3.49. The van der Waals surface area contributed by atoms with Crippen LogP contribution >= 0.6 is 31.9 Å². The van der Waals surface area contributed by atoms with Gasteiger partial charge in [0.1, 0.15) is 0 Å². The molecule has 0 aliphatic rings. The molecule has 0 radical (unpaired) electrons. The summed E-state index contributed by atoms with van der Waals surface area (Å²) >= 11 is 7.20. The van der Waals surface area contributed by atoms with E-state index in [-0.39, 0.29) is 0 Å². The van der Waals surface area contributed by atoms with Crippen LogP contribution in [0.25, 0.3) is 0 Å². The van der Waals surface area contributed by atoms with Crippen LogP contribution in [-0.4, -0.2) is 6.54 Å². The Labute approximate surface area is 138 Å². The first-order valence-electron chi connectivity index (χ1n) is 6.82. The summed E-state index contributed by atoms with van der Waals surface area (Å²) in [6.07, 6.45) is 0. The van der Waals surface area contributed by atoms with Gasteiger partial charge in [0, 0.05) is 21.4 Å². The van der Waals surface area contributed by atoms with Crippen LogP contribution in [0.4, 0.5) is 5.69 Å². The van der Waals surface area contributed by atoms with Gasteiger partial charge in [-0.3, -0.25) is 0 Å². The minimum Gasteiger partial charge on any atom is -0.383 e. The van der Waals surface area contributed by atoms with Crippen molar-refractivity contribution in [1.82, 2.24) is 0 Å². The largest absolute Gasteiger partial charge is 0.383 e. The highest BCUT2D eigenvalue weighted by Crippen LogP contribution is 2.32. The van der Waals surface area contributed by atoms with E-state index in [0.717, 1.165) is 21.2 Å². The standard InChI is InChI=1S/C17H19Br2N/c1-12(2)14(13-7-4-3-5-8-13)11-20-17-15(18)9-6-10-16(17)19/h3-10,12,14,20H,11H2,1-2H3. The van der Waals surface area contributed by atoms with E-state index in [4.69, 9.17) is 0 Å². The van der Waals surface area contributed by atoms with Gasteiger partial charge in [-0.2, -0.15) is 0 Å². The van der Waals surface area contributed by atoms with E-state index < -0.39 is 0 Å². The molecular weight excluding hydrogens is 378 g/mol. The molecule has 0 saturated heterocycles.